The Kier molecular flexibility index (Phi) is 1.12. The van der Waals surface area contributed by atoms with Crippen molar-refractivity contribution in [1.82, 2.24) is 0 Å². The molecule has 1 aliphatic rings. The quantitative estimate of drug-likeness (QED) is 0.515. The van der Waals surface area contributed by atoms with Crippen LogP contribution in [0.1, 0.15) is 5.56 Å². The van der Waals surface area contributed by atoms with E-state index in [1.165, 1.54) is 0 Å². The lowest BCUT2D eigenvalue weighted by Gasteiger charge is -1.85. The number of rotatable bonds is 0. The van der Waals surface area contributed by atoms with Crippen molar-refractivity contribution >= 4 is 6.03 Å². The second kappa shape index (κ2) is 1.99. The Balaban J connectivity index is 2.97. The summed E-state index contributed by atoms with van der Waals surface area (Å²) >= 11 is 0. The first-order valence-corrected chi connectivity index (χ1v) is 3.20. The highest BCUT2D eigenvalue weighted by Gasteiger charge is 2.04. The van der Waals surface area contributed by atoms with Crippen LogP contribution in [-0.2, 0) is 0 Å². The third kappa shape index (κ3) is 0.852. The molecule has 11 heavy (non-hydrogen) atoms. The SMILES string of the molecule is [CH2]c1cccc2c1=NC(=O)N=2. The van der Waals surface area contributed by atoms with Crippen LogP contribution in [0.4, 0.5) is 4.79 Å². The molecule has 1 aromatic carbocycles. The molecule has 0 saturated carbocycles. The van der Waals surface area contributed by atoms with Gasteiger partial charge in [-0.1, -0.05) is 12.1 Å². The number of hydrogen-bond acceptors (Lipinski definition) is 1. The largest absolute Gasteiger partial charge is 0.368 e. The Hall–Kier alpha value is -1.51. The summed E-state index contributed by atoms with van der Waals surface area (Å²) in [5.74, 6) is 0. The number of nitrogens with zero attached hydrogens (tertiary/aromatic N) is 2. The number of hydrogen-bond donors (Lipinski definition) is 0. The molecule has 0 atom stereocenters. The summed E-state index contributed by atoms with van der Waals surface area (Å²) in [7, 11) is 0. The van der Waals surface area contributed by atoms with Gasteiger partial charge in [0.25, 0.3) is 0 Å². The lowest BCUT2D eigenvalue weighted by Crippen LogP contribution is -2.23. The first-order valence-electron chi connectivity index (χ1n) is 3.20. The van der Waals surface area contributed by atoms with Crippen LogP contribution in [0.5, 0.6) is 0 Å². The van der Waals surface area contributed by atoms with Gasteiger partial charge in [-0.15, -0.1) is 0 Å². The monoisotopic (exact) mass is 145 g/mol. The molecular weight excluding hydrogens is 140 g/mol. The Morgan fingerprint density at radius 3 is 2.82 bits per heavy atom. The van der Waals surface area contributed by atoms with Gasteiger partial charge in [0.2, 0.25) is 0 Å². The Morgan fingerprint density at radius 2 is 2.09 bits per heavy atom. The van der Waals surface area contributed by atoms with Crippen LogP contribution in [0.2, 0.25) is 0 Å². The molecule has 2 amide bonds. The van der Waals surface area contributed by atoms with Crippen LogP contribution in [0, 0.1) is 6.92 Å². The molecule has 0 aromatic heterocycles. The van der Waals surface area contributed by atoms with Crippen molar-refractivity contribution in [2.24, 2.45) is 9.98 Å². The van der Waals surface area contributed by atoms with E-state index in [0.717, 1.165) is 5.56 Å². The topological polar surface area (TPSA) is 41.8 Å². The minimum absolute atomic E-state index is 0.434. The van der Waals surface area contributed by atoms with E-state index in [0.29, 0.717) is 10.7 Å². The van der Waals surface area contributed by atoms with Gasteiger partial charge in [-0.05, 0) is 18.6 Å². The van der Waals surface area contributed by atoms with Gasteiger partial charge < -0.3 is 0 Å². The van der Waals surface area contributed by atoms with Gasteiger partial charge in [-0.3, -0.25) is 0 Å². The molecule has 0 bridgehead atoms. The molecule has 0 unspecified atom stereocenters. The van der Waals surface area contributed by atoms with E-state index in [2.05, 4.69) is 16.9 Å². The van der Waals surface area contributed by atoms with E-state index in [9.17, 15) is 4.79 Å². The maximum absolute atomic E-state index is 10.7. The number of carbonyl (C=O) groups excluding carboxylic acids is 1. The summed E-state index contributed by atoms with van der Waals surface area (Å²) in [6.07, 6.45) is 0. The third-order valence-corrected chi connectivity index (χ3v) is 1.52. The summed E-state index contributed by atoms with van der Waals surface area (Å²) < 4.78 is 0. The summed E-state index contributed by atoms with van der Waals surface area (Å²) in [4.78, 5) is 18.0. The minimum atomic E-state index is -0.434. The summed E-state index contributed by atoms with van der Waals surface area (Å²) in [6, 6.07) is 4.92. The molecule has 0 saturated heterocycles. The molecule has 1 heterocycles. The zero-order valence-electron chi connectivity index (χ0n) is 5.74. The highest BCUT2D eigenvalue weighted by Crippen LogP contribution is 1.89. The van der Waals surface area contributed by atoms with Crippen molar-refractivity contribution in [2.45, 2.75) is 0 Å². The number of amides is 2. The van der Waals surface area contributed by atoms with Gasteiger partial charge in [0.15, 0.2) is 0 Å². The fourth-order valence-electron chi connectivity index (χ4n) is 1.02. The molecule has 1 radical (unpaired) electrons. The van der Waals surface area contributed by atoms with Gasteiger partial charge in [0.05, 0.1) is 10.7 Å². The van der Waals surface area contributed by atoms with E-state index >= 15 is 0 Å². The van der Waals surface area contributed by atoms with Gasteiger partial charge in [0, 0.05) is 0 Å². The van der Waals surface area contributed by atoms with Crippen molar-refractivity contribution in [3.8, 4) is 0 Å². The average molecular weight is 145 g/mol. The highest BCUT2D eigenvalue weighted by atomic mass is 16.2. The Labute approximate surface area is 63.1 Å². The molecule has 0 fully saturated rings. The van der Waals surface area contributed by atoms with Crippen LogP contribution in [0.3, 0.4) is 0 Å². The smallest absolute Gasteiger partial charge is 0.244 e. The molecule has 0 spiro atoms. The fraction of sp³-hybridized carbons (Fsp3) is 0. The normalized spacial score (nSPS) is 13.7. The average Bonchev–Trinajstić information content (AvgIpc) is 2.31. The van der Waals surface area contributed by atoms with E-state index in [1.54, 1.807) is 18.2 Å². The minimum Gasteiger partial charge on any atom is -0.244 e. The van der Waals surface area contributed by atoms with Gasteiger partial charge in [-0.25, -0.2) is 4.79 Å². The maximum atomic E-state index is 10.7. The zero-order chi connectivity index (χ0) is 7.84. The van der Waals surface area contributed by atoms with E-state index < -0.39 is 6.03 Å². The van der Waals surface area contributed by atoms with E-state index in [4.69, 9.17) is 0 Å². The number of carbonyl (C=O) groups is 1. The standard InChI is InChI=1S/C8H5N2O/c1-5-3-2-4-6-7(5)10-8(11)9-6/h2-4H,1H2. The second-order valence-electron chi connectivity index (χ2n) is 2.29. The van der Waals surface area contributed by atoms with Crippen LogP contribution in [0.15, 0.2) is 28.2 Å². The van der Waals surface area contributed by atoms with Crippen molar-refractivity contribution < 1.29 is 4.79 Å². The molecule has 1 aliphatic heterocycles. The van der Waals surface area contributed by atoms with Crippen LogP contribution in [0.25, 0.3) is 0 Å². The maximum Gasteiger partial charge on any atom is 0.368 e. The molecule has 3 nitrogen and oxygen atoms in total. The van der Waals surface area contributed by atoms with Crippen molar-refractivity contribution in [3.05, 3.63) is 41.4 Å². The summed E-state index contributed by atoms with van der Waals surface area (Å²) in [6.45, 7) is 3.72. The highest BCUT2D eigenvalue weighted by molar-refractivity contribution is 5.77. The summed E-state index contributed by atoms with van der Waals surface area (Å²) in [5, 5.41) is 1.24. The van der Waals surface area contributed by atoms with Crippen LogP contribution >= 0.6 is 0 Å². The zero-order valence-corrected chi connectivity index (χ0v) is 5.74. The Morgan fingerprint density at radius 1 is 1.27 bits per heavy atom. The third-order valence-electron chi connectivity index (χ3n) is 1.52. The molecule has 1 aromatic rings. The molecule has 3 heteroatoms. The predicted molar refractivity (Wildman–Crippen MR) is 38.6 cm³/mol. The number of benzene rings is 1. The van der Waals surface area contributed by atoms with E-state index in [-0.39, 0.29) is 0 Å². The lowest BCUT2D eigenvalue weighted by molar-refractivity contribution is 0.256. The Bertz CT molecular complexity index is 434. The van der Waals surface area contributed by atoms with Gasteiger partial charge in [0.1, 0.15) is 0 Å². The van der Waals surface area contributed by atoms with Gasteiger partial charge >= 0.3 is 6.03 Å². The molecule has 0 N–H and O–H groups in total. The van der Waals surface area contributed by atoms with Crippen molar-refractivity contribution in [3.63, 3.8) is 0 Å². The molecule has 2 rings (SSSR count). The lowest BCUT2D eigenvalue weighted by atomic mass is 10.2. The second-order valence-corrected chi connectivity index (χ2v) is 2.29. The summed E-state index contributed by atoms with van der Waals surface area (Å²) in [5.41, 5.74) is 0.747. The number of para-hydroxylation sites is 1. The van der Waals surface area contributed by atoms with E-state index in [1.807, 2.05) is 0 Å². The molecule has 0 aliphatic carbocycles. The van der Waals surface area contributed by atoms with Crippen molar-refractivity contribution in [2.75, 3.05) is 0 Å². The van der Waals surface area contributed by atoms with Crippen LogP contribution < -0.4 is 10.7 Å². The van der Waals surface area contributed by atoms with Gasteiger partial charge in [-0.2, -0.15) is 9.98 Å². The number of fused-ring (bicyclic) bond motifs is 1. The first kappa shape index (κ1) is 6.22. The van der Waals surface area contributed by atoms with Crippen LogP contribution in [-0.4, -0.2) is 6.03 Å². The van der Waals surface area contributed by atoms with Crippen molar-refractivity contribution in [1.29, 1.82) is 0 Å². The first-order chi connectivity index (χ1) is 5.27. The molecular formula is C8H5N2O. The fourth-order valence-corrected chi connectivity index (χ4v) is 1.02. The molecule has 53 valence electrons. The predicted octanol–water partition coefficient (Wildman–Crippen LogP) is 0.242. The number of urea groups is 1.